The van der Waals surface area contributed by atoms with Crippen molar-refractivity contribution in [2.24, 2.45) is 5.84 Å². The SMILES string of the molecule is CCOC(=O)C(=O)NN.Cl. The molecule has 5 nitrogen and oxygen atoms in total. The molecular weight excluding hydrogens is 160 g/mol. The summed E-state index contributed by atoms with van der Waals surface area (Å²) >= 11 is 0. The molecule has 0 aromatic rings. The minimum Gasteiger partial charge on any atom is -0.459 e. The second-order valence-corrected chi connectivity index (χ2v) is 1.19. The summed E-state index contributed by atoms with van der Waals surface area (Å²) in [7, 11) is 0. The molecule has 0 aliphatic heterocycles. The normalized spacial score (nSPS) is 7.40. The summed E-state index contributed by atoms with van der Waals surface area (Å²) < 4.78 is 4.26. The second kappa shape index (κ2) is 6.31. The molecule has 0 aromatic carbocycles. The third-order valence-electron chi connectivity index (χ3n) is 0.592. The van der Waals surface area contributed by atoms with E-state index in [9.17, 15) is 9.59 Å². The van der Waals surface area contributed by atoms with E-state index in [0.717, 1.165) is 0 Å². The summed E-state index contributed by atoms with van der Waals surface area (Å²) in [6, 6.07) is 0. The molecule has 3 N–H and O–H groups in total. The summed E-state index contributed by atoms with van der Waals surface area (Å²) in [5.74, 6) is 2.71. The number of carbonyl (C=O) groups is 2. The van der Waals surface area contributed by atoms with Crippen molar-refractivity contribution in [3.05, 3.63) is 0 Å². The summed E-state index contributed by atoms with van der Waals surface area (Å²) in [5, 5.41) is 0. The molecule has 0 saturated carbocycles. The number of esters is 1. The van der Waals surface area contributed by atoms with Gasteiger partial charge in [-0.25, -0.2) is 10.6 Å². The first-order chi connectivity index (χ1) is 4.22. The average molecular weight is 169 g/mol. The van der Waals surface area contributed by atoms with Crippen LogP contribution in [0, 0.1) is 0 Å². The molecule has 0 bridgehead atoms. The number of hydrogen-bond donors (Lipinski definition) is 2. The Balaban J connectivity index is 0. The number of carbonyl (C=O) groups excluding carboxylic acids is 2. The van der Waals surface area contributed by atoms with Crippen LogP contribution >= 0.6 is 12.4 Å². The maximum Gasteiger partial charge on any atom is 0.398 e. The van der Waals surface area contributed by atoms with Gasteiger partial charge in [0.2, 0.25) is 0 Å². The molecule has 0 aliphatic rings. The van der Waals surface area contributed by atoms with E-state index in [1.54, 1.807) is 12.3 Å². The Labute approximate surface area is 64.3 Å². The lowest BCUT2D eigenvalue weighted by molar-refractivity contribution is -0.154. The molecule has 0 fully saturated rings. The summed E-state index contributed by atoms with van der Waals surface area (Å²) in [6.45, 7) is 1.77. The topological polar surface area (TPSA) is 81.4 Å². The van der Waals surface area contributed by atoms with E-state index in [0.29, 0.717) is 0 Å². The summed E-state index contributed by atoms with van der Waals surface area (Å²) in [6.07, 6.45) is 0. The molecular formula is C4H9ClN2O3. The van der Waals surface area contributed by atoms with Crippen molar-refractivity contribution in [2.45, 2.75) is 6.92 Å². The van der Waals surface area contributed by atoms with Crippen molar-refractivity contribution in [2.75, 3.05) is 6.61 Å². The van der Waals surface area contributed by atoms with Crippen molar-refractivity contribution in [3.63, 3.8) is 0 Å². The average Bonchev–Trinajstić information content (AvgIpc) is 1.87. The molecule has 60 valence electrons. The van der Waals surface area contributed by atoms with Gasteiger partial charge in [-0.15, -0.1) is 12.4 Å². The van der Waals surface area contributed by atoms with Crippen LogP contribution in [-0.4, -0.2) is 18.5 Å². The van der Waals surface area contributed by atoms with Gasteiger partial charge in [-0.1, -0.05) is 0 Å². The van der Waals surface area contributed by atoms with Crippen LogP contribution in [0.15, 0.2) is 0 Å². The zero-order valence-electron chi connectivity index (χ0n) is 5.42. The molecule has 0 aromatic heterocycles. The zero-order chi connectivity index (χ0) is 7.28. The predicted octanol–water partition coefficient (Wildman–Crippen LogP) is -1.04. The fourth-order valence-electron chi connectivity index (χ4n) is 0.256. The highest BCUT2D eigenvalue weighted by molar-refractivity contribution is 6.32. The van der Waals surface area contributed by atoms with Crippen molar-refractivity contribution in [1.82, 2.24) is 5.43 Å². The first-order valence-electron chi connectivity index (χ1n) is 2.40. The van der Waals surface area contributed by atoms with E-state index in [1.807, 2.05) is 0 Å². The number of hydrogen-bond acceptors (Lipinski definition) is 4. The number of rotatable bonds is 1. The number of nitrogens with two attached hydrogens (primary N) is 1. The molecule has 1 amide bonds. The van der Waals surface area contributed by atoms with Crippen LogP contribution < -0.4 is 11.3 Å². The lowest BCUT2D eigenvalue weighted by atomic mass is 10.6. The summed E-state index contributed by atoms with van der Waals surface area (Å²) in [5.41, 5.74) is 1.64. The van der Waals surface area contributed by atoms with Gasteiger partial charge in [0, 0.05) is 0 Å². The van der Waals surface area contributed by atoms with E-state index in [1.165, 1.54) is 0 Å². The van der Waals surface area contributed by atoms with Crippen LogP contribution in [0.25, 0.3) is 0 Å². The number of nitrogens with one attached hydrogen (secondary N) is 1. The van der Waals surface area contributed by atoms with Gasteiger partial charge < -0.3 is 4.74 Å². The van der Waals surface area contributed by atoms with E-state index in [-0.39, 0.29) is 19.0 Å². The van der Waals surface area contributed by atoms with Crippen LogP contribution in [-0.2, 0) is 14.3 Å². The Morgan fingerprint density at radius 3 is 2.40 bits per heavy atom. The zero-order valence-corrected chi connectivity index (χ0v) is 6.23. The van der Waals surface area contributed by atoms with E-state index in [4.69, 9.17) is 0 Å². The molecule has 0 aliphatic carbocycles. The first-order valence-corrected chi connectivity index (χ1v) is 2.40. The maximum atomic E-state index is 10.3. The van der Waals surface area contributed by atoms with Crippen molar-refractivity contribution < 1.29 is 14.3 Å². The minimum atomic E-state index is -0.958. The molecule has 0 rings (SSSR count). The molecule has 0 saturated heterocycles. The fraction of sp³-hybridized carbons (Fsp3) is 0.500. The lowest BCUT2D eigenvalue weighted by Crippen LogP contribution is -2.37. The molecule has 6 heteroatoms. The van der Waals surface area contributed by atoms with Gasteiger partial charge in [0.05, 0.1) is 6.61 Å². The smallest absolute Gasteiger partial charge is 0.398 e. The van der Waals surface area contributed by atoms with Gasteiger partial charge in [-0.2, -0.15) is 0 Å². The summed E-state index contributed by atoms with van der Waals surface area (Å²) in [4.78, 5) is 20.5. The number of hydrazine groups is 1. The highest BCUT2D eigenvalue weighted by Gasteiger charge is 2.10. The number of ether oxygens (including phenoxy) is 1. The van der Waals surface area contributed by atoms with E-state index < -0.39 is 11.9 Å². The predicted molar refractivity (Wildman–Crippen MR) is 36.2 cm³/mol. The lowest BCUT2D eigenvalue weighted by Gasteiger charge is -1.96. The number of halogens is 1. The minimum absolute atomic E-state index is 0. The van der Waals surface area contributed by atoms with Gasteiger partial charge in [-0.3, -0.25) is 10.2 Å². The standard InChI is InChI=1S/C4H8N2O3.ClH/c1-2-9-4(8)3(7)6-5;/h2,5H2,1H3,(H,6,7);1H. The van der Waals surface area contributed by atoms with Crippen molar-refractivity contribution in [1.29, 1.82) is 0 Å². The highest BCUT2D eigenvalue weighted by Crippen LogP contribution is 1.74. The third kappa shape index (κ3) is 4.11. The number of amides is 1. The maximum absolute atomic E-state index is 10.3. The van der Waals surface area contributed by atoms with Gasteiger partial charge in [0.1, 0.15) is 0 Å². The van der Waals surface area contributed by atoms with Crippen molar-refractivity contribution in [3.8, 4) is 0 Å². The third-order valence-corrected chi connectivity index (χ3v) is 0.592. The van der Waals surface area contributed by atoms with E-state index in [2.05, 4.69) is 10.6 Å². The van der Waals surface area contributed by atoms with Gasteiger partial charge in [0.15, 0.2) is 0 Å². The Morgan fingerprint density at radius 2 is 2.10 bits per heavy atom. The monoisotopic (exact) mass is 168 g/mol. The molecule has 0 heterocycles. The quantitative estimate of drug-likeness (QED) is 0.172. The molecule has 0 unspecified atom stereocenters. The van der Waals surface area contributed by atoms with Crippen LogP contribution in [0.4, 0.5) is 0 Å². The van der Waals surface area contributed by atoms with Gasteiger partial charge in [-0.05, 0) is 6.92 Å². The Hall–Kier alpha value is -0.810. The molecule has 0 radical (unpaired) electrons. The first kappa shape index (κ1) is 11.9. The molecule has 10 heavy (non-hydrogen) atoms. The molecule has 0 spiro atoms. The largest absolute Gasteiger partial charge is 0.459 e. The molecule has 0 atom stereocenters. The Bertz CT molecular complexity index is 128. The van der Waals surface area contributed by atoms with Gasteiger partial charge in [0.25, 0.3) is 0 Å². The van der Waals surface area contributed by atoms with Crippen LogP contribution in [0.3, 0.4) is 0 Å². The Kier molecular flexibility index (Phi) is 7.53. The second-order valence-electron chi connectivity index (χ2n) is 1.19. The van der Waals surface area contributed by atoms with E-state index >= 15 is 0 Å². The van der Waals surface area contributed by atoms with Crippen LogP contribution in [0.5, 0.6) is 0 Å². The van der Waals surface area contributed by atoms with Crippen molar-refractivity contribution >= 4 is 24.3 Å². The Morgan fingerprint density at radius 1 is 1.60 bits per heavy atom. The van der Waals surface area contributed by atoms with Crippen LogP contribution in [0.1, 0.15) is 6.92 Å². The van der Waals surface area contributed by atoms with Crippen LogP contribution in [0.2, 0.25) is 0 Å². The van der Waals surface area contributed by atoms with Gasteiger partial charge >= 0.3 is 11.9 Å². The highest BCUT2D eigenvalue weighted by atomic mass is 35.5. The fourth-order valence-corrected chi connectivity index (χ4v) is 0.256.